The van der Waals surface area contributed by atoms with Crippen molar-refractivity contribution >= 4 is 5.97 Å². The standard InChI is InChI=1S/C16H23NO2/c1-16(9-5-2-6-10-16)12-17-11-13-7-3-4-8-14(13)15(18)19/h3-4,7-8,17H,2,5-6,9-12H2,1H3,(H,18,19). The number of carbonyl (C=O) groups is 1. The first-order chi connectivity index (χ1) is 9.11. The van der Waals surface area contributed by atoms with Gasteiger partial charge in [-0.25, -0.2) is 4.79 Å². The first-order valence-corrected chi connectivity index (χ1v) is 7.13. The lowest BCUT2D eigenvalue weighted by atomic mass is 9.76. The maximum absolute atomic E-state index is 11.1. The fraction of sp³-hybridized carbons (Fsp3) is 0.562. The first-order valence-electron chi connectivity index (χ1n) is 7.13. The molecule has 0 atom stereocenters. The van der Waals surface area contributed by atoms with Gasteiger partial charge >= 0.3 is 5.97 Å². The van der Waals surface area contributed by atoms with Gasteiger partial charge < -0.3 is 10.4 Å². The predicted octanol–water partition coefficient (Wildman–Crippen LogP) is 3.44. The van der Waals surface area contributed by atoms with Crippen LogP contribution in [0.25, 0.3) is 0 Å². The van der Waals surface area contributed by atoms with Gasteiger partial charge in [-0.15, -0.1) is 0 Å². The zero-order chi connectivity index (χ0) is 13.7. The topological polar surface area (TPSA) is 49.3 Å². The minimum absolute atomic E-state index is 0.385. The number of aromatic carboxylic acids is 1. The summed E-state index contributed by atoms with van der Waals surface area (Å²) in [6, 6.07) is 7.22. The van der Waals surface area contributed by atoms with E-state index in [0.717, 1.165) is 12.1 Å². The number of carboxylic acid groups (broad SMARTS) is 1. The minimum atomic E-state index is -0.846. The van der Waals surface area contributed by atoms with Crippen molar-refractivity contribution in [2.75, 3.05) is 6.54 Å². The summed E-state index contributed by atoms with van der Waals surface area (Å²) in [5.41, 5.74) is 1.66. The number of rotatable bonds is 5. The number of hydrogen-bond donors (Lipinski definition) is 2. The summed E-state index contributed by atoms with van der Waals surface area (Å²) in [5.74, 6) is -0.846. The van der Waals surface area contributed by atoms with Crippen molar-refractivity contribution in [3.63, 3.8) is 0 Å². The van der Waals surface area contributed by atoms with E-state index in [1.807, 2.05) is 12.1 Å². The number of carboxylic acids is 1. The lowest BCUT2D eigenvalue weighted by Gasteiger charge is -2.33. The van der Waals surface area contributed by atoms with E-state index in [0.29, 0.717) is 17.5 Å². The molecule has 0 amide bonds. The molecule has 1 saturated carbocycles. The Morgan fingerprint density at radius 2 is 1.95 bits per heavy atom. The second kappa shape index (κ2) is 6.20. The molecule has 1 aliphatic carbocycles. The average molecular weight is 261 g/mol. The Hall–Kier alpha value is -1.35. The van der Waals surface area contributed by atoms with Gasteiger partial charge in [0.25, 0.3) is 0 Å². The highest BCUT2D eigenvalue weighted by molar-refractivity contribution is 5.89. The maximum Gasteiger partial charge on any atom is 0.336 e. The second-order valence-corrected chi connectivity index (χ2v) is 5.94. The summed E-state index contributed by atoms with van der Waals surface area (Å²) in [4.78, 5) is 11.1. The molecule has 0 heterocycles. The fourth-order valence-electron chi connectivity index (χ4n) is 2.96. The largest absolute Gasteiger partial charge is 0.478 e. The third-order valence-corrected chi connectivity index (χ3v) is 4.18. The van der Waals surface area contributed by atoms with E-state index in [2.05, 4.69) is 12.2 Å². The molecule has 1 fully saturated rings. The summed E-state index contributed by atoms with van der Waals surface area (Å²) in [6.07, 6.45) is 6.56. The summed E-state index contributed by atoms with van der Waals surface area (Å²) < 4.78 is 0. The zero-order valence-electron chi connectivity index (χ0n) is 11.6. The summed E-state index contributed by atoms with van der Waals surface area (Å²) in [5, 5.41) is 12.6. The molecule has 19 heavy (non-hydrogen) atoms. The van der Waals surface area contributed by atoms with E-state index < -0.39 is 5.97 Å². The highest BCUT2D eigenvalue weighted by Gasteiger charge is 2.26. The van der Waals surface area contributed by atoms with Crippen LogP contribution in [0.5, 0.6) is 0 Å². The van der Waals surface area contributed by atoms with Crippen LogP contribution in [0.3, 0.4) is 0 Å². The van der Waals surface area contributed by atoms with Crippen LogP contribution in [0, 0.1) is 5.41 Å². The van der Waals surface area contributed by atoms with Crippen LogP contribution in [0.1, 0.15) is 54.9 Å². The normalized spacial score (nSPS) is 18.2. The van der Waals surface area contributed by atoms with E-state index in [9.17, 15) is 4.79 Å². The van der Waals surface area contributed by atoms with E-state index in [1.165, 1.54) is 32.1 Å². The highest BCUT2D eigenvalue weighted by Crippen LogP contribution is 2.34. The quantitative estimate of drug-likeness (QED) is 0.853. The molecule has 0 bridgehead atoms. The van der Waals surface area contributed by atoms with E-state index >= 15 is 0 Å². The third kappa shape index (κ3) is 3.80. The summed E-state index contributed by atoms with van der Waals surface area (Å²) >= 11 is 0. The molecular weight excluding hydrogens is 238 g/mol. The molecule has 1 aliphatic rings. The van der Waals surface area contributed by atoms with Gasteiger partial charge in [0.2, 0.25) is 0 Å². The van der Waals surface area contributed by atoms with Crippen LogP contribution in [0.2, 0.25) is 0 Å². The average Bonchev–Trinajstić information content (AvgIpc) is 2.40. The molecule has 0 radical (unpaired) electrons. The molecule has 2 rings (SSSR count). The van der Waals surface area contributed by atoms with Crippen LogP contribution in [0.15, 0.2) is 24.3 Å². The molecule has 0 unspecified atom stereocenters. The molecular formula is C16H23NO2. The summed E-state index contributed by atoms with van der Waals surface area (Å²) in [6.45, 7) is 3.95. The third-order valence-electron chi connectivity index (χ3n) is 4.18. The van der Waals surface area contributed by atoms with Crippen molar-refractivity contribution in [1.82, 2.24) is 5.32 Å². The van der Waals surface area contributed by atoms with Gasteiger partial charge in [-0.3, -0.25) is 0 Å². The van der Waals surface area contributed by atoms with Gasteiger partial charge in [-0.05, 0) is 29.9 Å². The molecule has 2 N–H and O–H groups in total. The lowest BCUT2D eigenvalue weighted by molar-refractivity contribution is 0.0695. The molecule has 1 aromatic carbocycles. The van der Waals surface area contributed by atoms with Gasteiger partial charge in [0, 0.05) is 13.1 Å². The molecule has 0 aliphatic heterocycles. The Kier molecular flexibility index (Phi) is 4.59. The Morgan fingerprint density at radius 1 is 1.26 bits per heavy atom. The summed E-state index contributed by atoms with van der Waals surface area (Å²) in [7, 11) is 0. The van der Waals surface area contributed by atoms with Crippen molar-refractivity contribution in [1.29, 1.82) is 0 Å². The van der Waals surface area contributed by atoms with Crippen molar-refractivity contribution in [3.05, 3.63) is 35.4 Å². The minimum Gasteiger partial charge on any atom is -0.478 e. The van der Waals surface area contributed by atoms with Crippen LogP contribution in [-0.2, 0) is 6.54 Å². The predicted molar refractivity (Wildman–Crippen MR) is 76.3 cm³/mol. The monoisotopic (exact) mass is 261 g/mol. The number of nitrogens with one attached hydrogen (secondary N) is 1. The van der Waals surface area contributed by atoms with Crippen molar-refractivity contribution < 1.29 is 9.90 Å². The van der Waals surface area contributed by atoms with Gasteiger partial charge in [0.15, 0.2) is 0 Å². The van der Waals surface area contributed by atoms with E-state index in [4.69, 9.17) is 5.11 Å². The smallest absolute Gasteiger partial charge is 0.336 e. The van der Waals surface area contributed by atoms with Crippen LogP contribution in [-0.4, -0.2) is 17.6 Å². The van der Waals surface area contributed by atoms with E-state index in [-0.39, 0.29) is 0 Å². The Morgan fingerprint density at radius 3 is 2.63 bits per heavy atom. The molecule has 0 aromatic heterocycles. The van der Waals surface area contributed by atoms with E-state index in [1.54, 1.807) is 12.1 Å². The number of benzene rings is 1. The Labute approximate surface area is 115 Å². The van der Waals surface area contributed by atoms with Gasteiger partial charge in [-0.2, -0.15) is 0 Å². The van der Waals surface area contributed by atoms with Gasteiger partial charge in [0.05, 0.1) is 5.56 Å². The van der Waals surface area contributed by atoms with Crippen molar-refractivity contribution in [2.45, 2.75) is 45.6 Å². The SMILES string of the molecule is CC1(CNCc2ccccc2C(=O)O)CCCCC1. The fourth-order valence-corrected chi connectivity index (χ4v) is 2.96. The molecule has 3 nitrogen and oxygen atoms in total. The van der Waals surface area contributed by atoms with Gasteiger partial charge in [0.1, 0.15) is 0 Å². The zero-order valence-corrected chi connectivity index (χ0v) is 11.6. The molecule has 0 saturated heterocycles. The Bertz CT molecular complexity index is 436. The Balaban J connectivity index is 1.90. The van der Waals surface area contributed by atoms with Crippen LogP contribution < -0.4 is 5.32 Å². The molecule has 104 valence electrons. The lowest BCUT2D eigenvalue weighted by Crippen LogP contribution is -2.33. The van der Waals surface area contributed by atoms with Crippen LogP contribution >= 0.6 is 0 Å². The highest BCUT2D eigenvalue weighted by atomic mass is 16.4. The first kappa shape index (κ1) is 14.1. The van der Waals surface area contributed by atoms with Crippen molar-refractivity contribution in [2.24, 2.45) is 5.41 Å². The molecule has 0 spiro atoms. The van der Waals surface area contributed by atoms with Crippen molar-refractivity contribution in [3.8, 4) is 0 Å². The van der Waals surface area contributed by atoms with Crippen LogP contribution in [0.4, 0.5) is 0 Å². The second-order valence-electron chi connectivity index (χ2n) is 5.94. The maximum atomic E-state index is 11.1. The number of hydrogen-bond acceptors (Lipinski definition) is 2. The molecule has 1 aromatic rings. The molecule has 3 heteroatoms. The van der Waals surface area contributed by atoms with Gasteiger partial charge in [-0.1, -0.05) is 44.4 Å².